The molecule has 0 aliphatic rings. The third-order valence-electron chi connectivity index (χ3n) is 4.82. The molecule has 0 bridgehead atoms. The molecule has 0 heterocycles. The van der Waals surface area contributed by atoms with E-state index in [-0.39, 0.29) is 38.5 Å². The van der Waals surface area contributed by atoms with Crippen LogP contribution in [0.1, 0.15) is 38.5 Å². The molecule has 13 nitrogen and oxygen atoms in total. The number of nitrogens with two attached hydrogens (primary N) is 3. The van der Waals surface area contributed by atoms with E-state index in [1.54, 1.807) is 6.26 Å². The van der Waals surface area contributed by atoms with Gasteiger partial charge in [-0.15, -0.1) is 0 Å². The minimum absolute atomic E-state index is 0.0126. The Morgan fingerprint density at radius 3 is 1.49 bits per heavy atom. The number of carbonyl (C=O) groups excluding carboxylic acids is 5. The summed E-state index contributed by atoms with van der Waals surface area (Å²) in [5.74, 6) is -3.68. The third kappa shape index (κ3) is 14.5. The van der Waals surface area contributed by atoms with Crippen molar-refractivity contribution in [2.75, 3.05) is 24.0 Å². The topological polar surface area (TPSA) is 237 Å². The normalized spacial score (nSPS) is 14.1. The molecule has 0 aromatic carbocycles. The predicted molar refractivity (Wildman–Crippen MR) is 134 cm³/mol. The van der Waals surface area contributed by atoms with Gasteiger partial charge in [0.1, 0.15) is 18.1 Å². The summed E-state index contributed by atoms with van der Waals surface area (Å²) in [7, 11) is 0. The zero-order chi connectivity index (χ0) is 27.0. The highest BCUT2D eigenvalue weighted by Gasteiger charge is 2.30. The van der Waals surface area contributed by atoms with Gasteiger partial charge in [-0.3, -0.25) is 24.0 Å². The van der Waals surface area contributed by atoms with Crippen LogP contribution in [0.25, 0.3) is 0 Å². The molecular weight excluding hydrogens is 500 g/mol. The van der Waals surface area contributed by atoms with Crippen molar-refractivity contribution in [2.45, 2.75) is 62.7 Å². The van der Waals surface area contributed by atoms with Crippen LogP contribution in [0.15, 0.2) is 0 Å². The molecule has 200 valence electrons. The quantitative estimate of drug-likeness (QED) is 0.0948. The Morgan fingerprint density at radius 1 is 0.686 bits per heavy atom. The Kier molecular flexibility index (Phi) is 16.6. The minimum atomic E-state index is -1.36. The largest absolute Gasteiger partial charge is 0.480 e. The van der Waals surface area contributed by atoms with Crippen molar-refractivity contribution >= 4 is 59.0 Å². The van der Waals surface area contributed by atoms with Crippen LogP contribution in [0, 0.1) is 0 Å². The number of primary amides is 2. The molecule has 0 spiro atoms. The standard InChI is InChI=1S/C20H36N6O7S2/c1-34-9-7-12(24-17(29)11(21)3-5-15(22)27)18(30)25-13(8-10-35-2)19(31)26-14(20(32)33)4-6-16(23)28/h11-14H,3-10,21H2,1-2H3,(H2,22,27)(H2,23,28)(H,24,29)(H,25,30)(H,26,31)(H,32,33). The number of carboxylic acid groups (broad SMARTS) is 1. The molecule has 0 aromatic rings. The molecule has 0 aliphatic heterocycles. The van der Waals surface area contributed by atoms with Crippen LogP contribution in [-0.2, 0) is 28.8 Å². The molecule has 15 heteroatoms. The summed E-state index contributed by atoms with van der Waals surface area (Å²) in [5.41, 5.74) is 15.9. The fourth-order valence-electron chi connectivity index (χ4n) is 2.81. The van der Waals surface area contributed by atoms with Crippen molar-refractivity contribution in [3.63, 3.8) is 0 Å². The van der Waals surface area contributed by atoms with Gasteiger partial charge in [-0.25, -0.2) is 4.79 Å². The molecular formula is C20H36N6O7S2. The Balaban J connectivity index is 5.40. The van der Waals surface area contributed by atoms with E-state index in [2.05, 4.69) is 16.0 Å². The maximum absolute atomic E-state index is 13.0. The molecule has 0 radical (unpaired) electrons. The number of carboxylic acids is 1. The monoisotopic (exact) mass is 536 g/mol. The first-order chi connectivity index (χ1) is 16.4. The average molecular weight is 537 g/mol. The molecule has 0 fully saturated rings. The van der Waals surface area contributed by atoms with E-state index in [9.17, 15) is 33.9 Å². The van der Waals surface area contributed by atoms with Crippen molar-refractivity contribution in [3.8, 4) is 0 Å². The van der Waals surface area contributed by atoms with Gasteiger partial charge in [-0.2, -0.15) is 23.5 Å². The number of rotatable bonds is 19. The number of amides is 5. The summed E-state index contributed by atoms with van der Waals surface area (Å²) >= 11 is 2.87. The second kappa shape index (κ2) is 17.8. The number of nitrogens with one attached hydrogen (secondary N) is 3. The zero-order valence-electron chi connectivity index (χ0n) is 19.9. The highest BCUT2D eigenvalue weighted by Crippen LogP contribution is 2.07. The van der Waals surface area contributed by atoms with Gasteiger partial charge in [0, 0.05) is 12.8 Å². The maximum Gasteiger partial charge on any atom is 0.326 e. The lowest BCUT2D eigenvalue weighted by molar-refractivity contribution is -0.142. The van der Waals surface area contributed by atoms with E-state index in [0.717, 1.165) is 0 Å². The van der Waals surface area contributed by atoms with E-state index in [1.807, 2.05) is 6.26 Å². The van der Waals surface area contributed by atoms with E-state index in [4.69, 9.17) is 17.2 Å². The molecule has 5 amide bonds. The van der Waals surface area contributed by atoms with Crippen LogP contribution < -0.4 is 33.2 Å². The van der Waals surface area contributed by atoms with Crippen LogP contribution in [0.5, 0.6) is 0 Å². The average Bonchev–Trinajstić information content (AvgIpc) is 2.79. The van der Waals surface area contributed by atoms with Crippen molar-refractivity contribution in [1.29, 1.82) is 0 Å². The van der Waals surface area contributed by atoms with Crippen LogP contribution in [0.3, 0.4) is 0 Å². The first-order valence-electron chi connectivity index (χ1n) is 10.9. The molecule has 0 aromatic heterocycles. The lowest BCUT2D eigenvalue weighted by Gasteiger charge is -2.25. The summed E-state index contributed by atoms with van der Waals surface area (Å²) in [6.07, 6.45) is 3.55. The smallest absolute Gasteiger partial charge is 0.326 e. The molecule has 4 atom stereocenters. The first-order valence-corrected chi connectivity index (χ1v) is 13.7. The maximum atomic E-state index is 13.0. The highest BCUT2D eigenvalue weighted by molar-refractivity contribution is 7.98. The number of hydrogen-bond donors (Lipinski definition) is 7. The molecule has 0 rings (SSSR count). The van der Waals surface area contributed by atoms with Crippen molar-refractivity contribution in [2.24, 2.45) is 17.2 Å². The Morgan fingerprint density at radius 2 is 1.09 bits per heavy atom. The minimum Gasteiger partial charge on any atom is -0.480 e. The van der Waals surface area contributed by atoms with Crippen LogP contribution in [0.2, 0.25) is 0 Å². The van der Waals surface area contributed by atoms with Gasteiger partial charge in [-0.1, -0.05) is 0 Å². The molecule has 35 heavy (non-hydrogen) atoms. The van der Waals surface area contributed by atoms with Gasteiger partial charge in [0.05, 0.1) is 6.04 Å². The van der Waals surface area contributed by atoms with Gasteiger partial charge in [-0.05, 0) is 49.7 Å². The fraction of sp³-hybridized carbons (Fsp3) is 0.700. The summed E-state index contributed by atoms with van der Waals surface area (Å²) in [6.45, 7) is 0. The Bertz CT molecular complexity index is 755. The predicted octanol–water partition coefficient (Wildman–Crippen LogP) is -2.11. The van der Waals surface area contributed by atoms with E-state index >= 15 is 0 Å². The van der Waals surface area contributed by atoms with Crippen molar-refractivity contribution in [3.05, 3.63) is 0 Å². The summed E-state index contributed by atoms with van der Waals surface area (Å²) in [6, 6.07) is -4.50. The lowest BCUT2D eigenvalue weighted by atomic mass is 10.1. The van der Waals surface area contributed by atoms with Gasteiger partial charge in [0.25, 0.3) is 0 Å². The first kappa shape index (κ1) is 32.5. The number of carbonyl (C=O) groups is 6. The number of thioether (sulfide) groups is 2. The van der Waals surface area contributed by atoms with Gasteiger partial charge in [0.2, 0.25) is 29.5 Å². The number of aliphatic carboxylic acids is 1. The van der Waals surface area contributed by atoms with Gasteiger partial charge in [0.15, 0.2) is 0 Å². The van der Waals surface area contributed by atoms with Crippen LogP contribution in [0.4, 0.5) is 0 Å². The third-order valence-corrected chi connectivity index (χ3v) is 6.11. The van der Waals surface area contributed by atoms with Gasteiger partial charge < -0.3 is 38.3 Å². The molecule has 0 aliphatic carbocycles. The number of hydrogen-bond acceptors (Lipinski definition) is 9. The Hall–Kier alpha value is -2.52. The van der Waals surface area contributed by atoms with E-state index in [0.29, 0.717) is 11.5 Å². The molecule has 0 saturated carbocycles. The molecule has 10 N–H and O–H groups in total. The lowest BCUT2D eigenvalue weighted by Crippen LogP contribution is -2.57. The SMILES string of the molecule is CSCCC(NC(=O)C(N)CCC(N)=O)C(=O)NC(CCSC)C(=O)NC(CCC(N)=O)C(=O)O. The fourth-order valence-corrected chi connectivity index (χ4v) is 3.75. The second-order valence-electron chi connectivity index (χ2n) is 7.70. The highest BCUT2D eigenvalue weighted by atomic mass is 32.2. The van der Waals surface area contributed by atoms with Gasteiger partial charge >= 0.3 is 5.97 Å². The zero-order valence-corrected chi connectivity index (χ0v) is 21.5. The van der Waals surface area contributed by atoms with Crippen molar-refractivity contribution < 1.29 is 33.9 Å². The Labute approximate surface area is 212 Å². The van der Waals surface area contributed by atoms with E-state index < -0.39 is 59.7 Å². The summed E-state index contributed by atoms with van der Waals surface area (Å²) in [5, 5.41) is 16.8. The van der Waals surface area contributed by atoms with Crippen molar-refractivity contribution in [1.82, 2.24) is 16.0 Å². The summed E-state index contributed by atoms with van der Waals surface area (Å²) < 4.78 is 0. The van der Waals surface area contributed by atoms with E-state index in [1.165, 1.54) is 23.5 Å². The molecule has 0 saturated heterocycles. The van der Waals surface area contributed by atoms with Crippen LogP contribution in [-0.4, -0.2) is 88.8 Å². The van der Waals surface area contributed by atoms with Crippen LogP contribution >= 0.6 is 23.5 Å². The molecule has 4 unspecified atom stereocenters. The second-order valence-corrected chi connectivity index (χ2v) is 9.67. The summed E-state index contributed by atoms with van der Waals surface area (Å²) in [4.78, 5) is 71.6.